The summed E-state index contributed by atoms with van der Waals surface area (Å²) in [4.78, 5) is -1.09. The molecule has 0 fully saturated rings. The minimum absolute atomic E-state index is 0.623. The molecule has 0 aliphatic carbocycles. The van der Waals surface area contributed by atoms with Crippen LogP contribution in [0.1, 0.15) is 11.1 Å². The molecule has 17 heavy (non-hydrogen) atoms. The number of phenols is 1. The maximum Gasteiger partial charge on any atom is 0.421 e. The number of benzene rings is 1. The first-order valence-corrected chi connectivity index (χ1v) is 6.18. The van der Waals surface area contributed by atoms with Crippen LogP contribution in [0.2, 0.25) is 0 Å². The van der Waals surface area contributed by atoms with E-state index >= 15 is 0 Å². The van der Waals surface area contributed by atoms with Crippen molar-refractivity contribution in [1.29, 1.82) is 5.26 Å². The van der Waals surface area contributed by atoms with Crippen molar-refractivity contribution in [3.05, 3.63) is 23.3 Å². The maximum absolute atomic E-state index is 12.5. The van der Waals surface area contributed by atoms with E-state index < -0.39 is 37.0 Å². The van der Waals surface area contributed by atoms with E-state index in [9.17, 15) is 26.7 Å². The van der Waals surface area contributed by atoms with Gasteiger partial charge in [0.05, 0.1) is 11.6 Å². The Hall–Kier alpha value is -1.46. The molecule has 9 heteroatoms. The van der Waals surface area contributed by atoms with Crippen molar-refractivity contribution >= 4 is 19.7 Å². The van der Waals surface area contributed by atoms with Crippen molar-refractivity contribution in [2.75, 3.05) is 0 Å². The zero-order chi connectivity index (χ0) is 13.4. The van der Waals surface area contributed by atoms with Crippen LogP contribution in [-0.4, -0.2) is 13.5 Å². The van der Waals surface area contributed by atoms with Crippen molar-refractivity contribution in [2.45, 2.75) is 11.1 Å². The molecule has 0 heterocycles. The van der Waals surface area contributed by atoms with Crippen LogP contribution in [0.4, 0.5) is 13.2 Å². The van der Waals surface area contributed by atoms with Gasteiger partial charge in [0.25, 0.3) is 9.05 Å². The Morgan fingerprint density at radius 2 is 1.88 bits per heavy atom. The monoisotopic (exact) mass is 285 g/mol. The Bertz CT molecular complexity index is 604. The molecular weight excluding hydrogens is 283 g/mol. The fourth-order valence-electron chi connectivity index (χ4n) is 1.15. The van der Waals surface area contributed by atoms with Crippen LogP contribution in [0.15, 0.2) is 17.0 Å². The van der Waals surface area contributed by atoms with E-state index in [1.165, 1.54) is 6.07 Å². The van der Waals surface area contributed by atoms with E-state index in [1.807, 2.05) is 0 Å². The molecule has 92 valence electrons. The topological polar surface area (TPSA) is 78.2 Å². The quantitative estimate of drug-likeness (QED) is 0.802. The number of nitrogens with zero attached hydrogens (tertiary/aromatic N) is 1. The van der Waals surface area contributed by atoms with Crippen molar-refractivity contribution in [1.82, 2.24) is 0 Å². The number of phenolic OH excluding ortho intramolecular Hbond substituents is 1. The van der Waals surface area contributed by atoms with E-state index in [2.05, 4.69) is 0 Å². The van der Waals surface area contributed by atoms with Crippen LogP contribution < -0.4 is 0 Å². The predicted molar refractivity (Wildman–Crippen MR) is 50.9 cm³/mol. The van der Waals surface area contributed by atoms with E-state index in [1.54, 1.807) is 0 Å². The molecule has 0 aromatic heterocycles. The van der Waals surface area contributed by atoms with Crippen LogP contribution in [0.5, 0.6) is 5.75 Å². The molecule has 1 aromatic rings. The number of aromatic hydroxyl groups is 1. The van der Waals surface area contributed by atoms with E-state index in [-0.39, 0.29) is 0 Å². The molecule has 0 radical (unpaired) electrons. The van der Waals surface area contributed by atoms with Gasteiger partial charge in [-0.05, 0) is 12.1 Å². The van der Waals surface area contributed by atoms with Gasteiger partial charge in [0, 0.05) is 10.7 Å². The van der Waals surface area contributed by atoms with Crippen LogP contribution in [0.3, 0.4) is 0 Å². The van der Waals surface area contributed by atoms with Gasteiger partial charge in [-0.25, -0.2) is 8.42 Å². The van der Waals surface area contributed by atoms with E-state index in [0.717, 1.165) is 0 Å². The van der Waals surface area contributed by atoms with Crippen LogP contribution in [0, 0.1) is 11.3 Å². The second kappa shape index (κ2) is 4.09. The largest absolute Gasteiger partial charge is 0.506 e. The molecule has 0 bridgehead atoms. The Morgan fingerprint density at radius 1 is 1.35 bits per heavy atom. The predicted octanol–water partition coefficient (Wildman–Crippen LogP) is 2.21. The molecule has 0 atom stereocenters. The van der Waals surface area contributed by atoms with Crippen molar-refractivity contribution < 1.29 is 26.7 Å². The average molecular weight is 286 g/mol. The highest BCUT2D eigenvalue weighted by Gasteiger charge is 2.39. The van der Waals surface area contributed by atoms with Crippen LogP contribution in [0.25, 0.3) is 0 Å². The van der Waals surface area contributed by atoms with Crippen molar-refractivity contribution in [3.8, 4) is 11.8 Å². The summed E-state index contributed by atoms with van der Waals surface area (Å²) in [6.45, 7) is 0. The number of halogens is 4. The molecule has 0 aliphatic heterocycles. The molecule has 0 saturated heterocycles. The first-order valence-electron chi connectivity index (χ1n) is 3.87. The lowest BCUT2D eigenvalue weighted by Gasteiger charge is -2.12. The van der Waals surface area contributed by atoms with E-state index in [0.29, 0.717) is 12.1 Å². The van der Waals surface area contributed by atoms with E-state index in [4.69, 9.17) is 15.9 Å². The highest BCUT2D eigenvalue weighted by molar-refractivity contribution is 8.13. The Balaban J connectivity index is 3.75. The lowest BCUT2D eigenvalue weighted by atomic mass is 10.1. The first kappa shape index (κ1) is 13.6. The molecule has 0 spiro atoms. The third-order valence-corrected chi connectivity index (χ3v) is 3.16. The average Bonchev–Trinajstić information content (AvgIpc) is 2.12. The van der Waals surface area contributed by atoms with Crippen molar-refractivity contribution in [3.63, 3.8) is 0 Å². The Labute approximate surface area is 98.3 Å². The molecule has 1 aromatic carbocycles. The smallest absolute Gasteiger partial charge is 0.421 e. The highest BCUT2D eigenvalue weighted by atomic mass is 35.7. The van der Waals surface area contributed by atoms with Gasteiger partial charge in [-0.3, -0.25) is 0 Å². The van der Waals surface area contributed by atoms with Gasteiger partial charge in [-0.1, -0.05) is 0 Å². The Morgan fingerprint density at radius 3 is 2.24 bits per heavy atom. The number of hydrogen-bond acceptors (Lipinski definition) is 4. The number of alkyl halides is 3. The summed E-state index contributed by atoms with van der Waals surface area (Å²) in [7, 11) is 0.315. The third kappa shape index (κ3) is 2.62. The normalized spacial score (nSPS) is 12.2. The fourth-order valence-corrected chi connectivity index (χ4v) is 2.09. The summed E-state index contributed by atoms with van der Waals surface area (Å²) in [6.07, 6.45) is -5.06. The summed E-state index contributed by atoms with van der Waals surface area (Å²) in [5.74, 6) is -1.58. The molecule has 0 aliphatic rings. The molecule has 4 nitrogen and oxygen atoms in total. The minimum Gasteiger partial charge on any atom is -0.506 e. The summed E-state index contributed by atoms with van der Waals surface area (Å²) in [6, 6.07) is 2.46. The van der Waals surface area contributed by atoms with Gasteiger partial charge in [-0.2, -0.15) is 18.4 Å². The third-order valence-electron chi connectivity index (χ3n) is 1.81. The second-order valence-electron chi connectivity index (χ2n) is 2.88. The van der Waals surface area contributed by atoms with Crippen LogP contribution >= 0.6 is 10.7 Å². The minimum atomic E-state index is -5.06. The van der Waals surface area contributed by atoms with Gasteiger partial charge < -0.3 is 5.11 Å². The molecule has 1 rings (SSSR count). The van der Waals surface area contributed by atoms with Gasteiger partial charge in [0.2, 0.25) is 0 Å². The van der Waals surface area contributed by atoms with Crippen molar-refractivity contribution in [2.24, 2.45) is 0 Å². The second-order valence-corrected chi connectivity index (χ2v) is 5.42. The van der Waals surface area contributed by atoms with Gasteiger partial charge in [0.15, 0.2) is 0 Å². The van der Waals surface area contributed by atoms with Gasteiger partial charge in [0.1, 0.15) is 16.2 Å². The summed E-state index contributed by atoms with van der Waals surface area (Å²) in [5, 5.41) is 17.7. The number of rotatable bonds is 1. The lowest BCUT2D eigenvalue weighted by Crippen LogP contribution is -2.10. The summed E-state index contributed by atoms with van der Waals surface area (Å²) >= 11 is 0. The SMILES string of the molecule is N#Cc1ccc(S(=O)(=O)Cl)c(O)c1C(F)(F)F. The fraction of sp³-hybridized carbons (Fsp3) is 0.125. The molecule has 0 amide bonds. The molecule has 0 unspecified atom stereocenters. The summed E-state index contributed by atoms with van der Waals surface area (Å²) in [5.41, 5.74) is -2.61. The number of nitriles is 1. The molecular formula is C8H3ClF3NO3S. The van der Waals surface area contributed by atoms with Gasteiger partial charge in [-0.15, -0.1) is 0 Å². The zero-order valence-electron chi connectivity index (χ0n) is 7.79. The maximum atomic E-state index is 12.5. The summed E-state index contributed by atoms with van der Waals surface area (Å²) < 4.78 is 59.3. The standard InChI is InChI=1S/C8H3ClF3NO3S/c9-17(15,16)5-2-1-4(3-13)6(7(5)14)8(10,11)12/h1-2,14H. The number of hydrogen-bond donors (Lipinski definition) is 1. The van der Waals surface area contributed by atoms with Gasteiger partial charge >= 0.3 is 6.18 Å². The first-order chi connectivity index (χ1) is 7.59. The molecule has 1 N–H and O–H groups in total. The Kier molecular flexibility index (Phi) is 3.27. The highest BCUT2D eigenvalue weighted by Crippen LogP contribution is 2.41. The molecule has 0 saturated carbocycles. The lowest BCUT2D eigenvalue weighted by molar-refractivity contribution is -0.139. The van der Waals surface area contributed by atoms with Crippen LogP contribution in [-0.2, 0) is 15.2 Å². The zero-order valence-corrected chi connectivity index (χ0v) is 9.36.